The van der Waals surface area contributed by atoms with E-state index in [0.717, 1.165) is 27.5 Å². The summed E-state index contributed by atoms with van der Waals surface area (Å²) in [5.41, 5.74) is 4.31. The van der Waals surface area contributed by atoms with Gasteiger partial charge in [0.1, 0.15) is 11.4 Å². The van der Waals surface area contributed by atoms with Gasteiger partial charge in [0.2, 0.25) is 0 Å². The molecule has 5 nitrogen and oxygen atoms in total. The number of hydrogen-bond donors (Lipinski definition) is 1. The van der Waals surface area contributed by atoms with Crippen molar-refractivity contribution < 1.29 is 14.3 Å². The van der Waals surface area contributed by atoms with Gasteiger partial charge in [-0.15, -0.1) is 0 Å². The highest BCUT2D eigenvalue weighted by atomic mass is 16.5. The van der Waals surface area contributed by atoms with E-state index in [1.54, 1.807) is 12.1 Å². The van der Waals surface area contributed by atoms with Crippen molar-refractivity contribution in [2.24, 2.45) is 0 Å². The first kappa shape index (κ1) is 18.7. The standard InChI is InChI=1S/C22H24N2O3/c1-13(2)27-18-8-6-16(7-9-18)19-20(22(26)24(5)21(19)25)23-17-11-14(3)10-15(4)12-17/h6-13,23H,1-5H3. The van der Waals surface area contributed by atoms with Crippen molar-refractivity contribution in [3.63, 3.8) is 0 Å². The van der Waals surface area contributed by atoms with Crippen molar-refractivity contribution in [1.82, 2.24) is 4.90 Å². The highest BCUT2D eigenvalue weighted by Crippen LogP contribution is 2.31. The van der Waals surface area contributed by atoms with Gasteiger partial charge in [0.15, 0.2) is 0 Å². The first-order chi connectivity index (χ1) is 12.8. The van der Waals surface area contributed by atoms with E-state index >= 15 is 0 Å². The van der Waals surface area contributed by atoms with E-state index in [2.05, 4.69) is 11.4 Å². The molecule has 1 heterocycles. The van der Waals surface area contributed by atoms with Gasteiger partial charge in [0.25, 0.3) is 11.8 Å². The normalized spacial score (nSPS) is 14.4. The molecule has 2 aromatic rings. The van der Waals surface area contributed by atoms with Crippen molar-refractivity contribution in [2.75, 3.05) is 12.4 Å². The summed E-state index contributed by atoms with van der Waals surface area (Å²) >= 11 is 0. The largest absolute Gasteiger partial charge is 0.491 e. The predicted octanol–water partition coefficient (Wildman–Crippen LogP) is 3.91. The van der Waals surface area contributed by atoms with Crippen LogP contribution in [0.3, 0.4) is 0 Å². The molecular formula is C22H24N2O3. The lowest BCUT2D eigenvalue weighted by molar-refractivity contribution is -0.135. The van der Waals surface area contributed by atoms with Gasteiger partial charge in [-0.25, -0.2) is 0 Å². The summed E-state index contributed by atoms with van der Waals surface area (Å²) in [6, 6.07) is 13.2. The summed E-state index contributed by atoms with van der Waals surface area (Å²) in [4.78, 5) is 26.5. The summed E-state index contributed by atoms with van der Waals surface area (Å²) in [7, 11) is 1.50. The second-order valence-corrected chi connectivity index (χ2v) is 7.11. The van der Waals surface area contributed by atoms with Gasteiger partial charge in [-0.1, -0.05) is 18.2 Å². The lowest BCUT2D eigenvalue weighted by Crippen LogP contribution is -2.27. The van der Waals surface area contributed by atoms with E-state index in [1.807, 2.05) is 52.0 Å². The van der Waals surface area contributed by atoms with Crippen LogP contribution in [0.5, 0.6) is 5.75 Å². The lowest BCUT2D eigenvalue weighted by atomic mass is 10.0. The summed E-state index contributed by atoms with van der Waals surface area (Å²) in [6.45, 7) is 7.90. The molecule has 0 unspecified atom stereocenters. The Balaban J connectivity index is 2.01. The fourth-order valence-electron chi connectivity index (χ4n) is 3.19. The van der Waals surface area contributed by atoms with Gasteiger partial charge in [-0.3, -0.25) is 14.5 Å². The van der Waals surface area contributed by atoms with Gasteiger partial charge >= 0.3 is 0 Å². The summed E-state index contributed by atoms with van der Waals surface area (Å²) in [6.07, 6.45) is 0.0673. The number of amides is 2. The van der Waals surface area contributed by atoms with Crippen LogP contribution in [0.15, 0.2) is 48.2 Å². The zero-order valence-corrected chi connectivity index (χ0v) is 16.3. The fourth-order valence-corrected chi connectivity index (χ4v) is 3.19. The molecule has 0 atom stereocenters. The molecule has 0 fully saturated rings. The van der Waals surface area contributed by atoms with Crippen LogP contribution in [0.4, 0.5) is 5.69 Å². The molecule has 1 aliphatic rings. The Morgan fingerprint density at radius 1 is 0.926 bits per heavy atom. The van der Waals surface area contributed by atoms with Crippen LogP contribution in [-0.2, 0) is 9.59 Å². The van der Waals surface area contributed by atoms with Gasteiger partial charge in [0, 0.05) is 12.7 Å². The molecule has 0 aliphatic carbocycles. The first-order valence-electron chi connectivity index (χ1n) is 8.95. The molecule has 1 aliphatic heterocycles. The number of aryl methyl sites for hydroxylation is 2. The van der Waals surface area contributed by atoms with Crippen LogP contribution in [0.1, 0.15) is 30.5 Å². The third-order valence-corrected chi connectivity index (χ3v) is 4.29. The number of hydrogen-bond acceptors (Lipinski definition) is 4. The Morgan fingerprint density at radius 2 is 1.52 bits per heavy atom. The molecule has 0 aromatic heterocycles. The van der Waals surface area contributed by atoms with E-state index < -0.39 is 0 Å². The highest BCUT2D eigenvalue weighted by Gasteiger charge is 2.36. The summed E-state index contributed by atoms with van der Waals surface area (Å²) in [5, 5.41) is 3.16. The Kier molecular flexibility index (Phi) is 5.04. The maximum atomic E-state index is 12.7. The number of benzene rings is 2. The average molecular weight is 364 g/mol. The topological polar surface area (TPSA) is 58.6 Å². The maximum Gasteiger partial charge on any atom is 0.277 e. The van der Waals surface area contributed by atoms with Crippen molar-refractivity contribution in [3.05, 3.63) is 64.9 Å². The molecule has 0 bridgehead atoms. The summed E-state index contributed by atoms with van der Waals surface area (Å²) in [5.74, 6) is 0.0735. The minimum atomic E-state index is -0.336. The van der Waals surface area contributed by atoms with E-state index in [1.165, 1.54) is 7.05 Å². The summed E-state index contributed by atoms with van der Waals surface area (Å²) < 4.78 is 5.66. The Hall–Kier alpha value is -3.08. The molecule has 3 rings (SSSR count). The van der Waals surface area contributed by atoms with Crippen LogP contribution in [0, 0.1) is 13.8 Å². The Bertz CT molecular complexity index is 907. The molecule has 5 heteroatoms. The lowest BCUT2D eigenvalue weighted by Gasteiger charge is -2.12. The van der Waals surface area contributed by atoms with Crippen molar-refractivity contribution in [3.8, 4) is 5.75 Å². The SMILES string of the molecule is Cc1cc(C)cc(NC2=C(c3ccc(OC(C)C)cc3)C(=O)N(C)C2=O)c1. The zero-order valence-electron chi connectivity index (χ0n) is 16.3. The van der Waals surface area contributed by atoms with Crippen LogP contribution in [0.25, 0.3) is 5.57 Å². The number of anilines is 1. The number of carbonyl (C=O) groups is 2. The number of nitrogens with zero attached hydrogens (tertiary/aromatic N) is 1. The smallest absolute Gasteiger partial charge is 0.277 e. The van der Waals surface area contributed by atoms with Crippen LogP contribution < -0.4 is 10.1 Å². The average Bonchev–Trinajstić information content (AvgIpc) is 2.79. The van der Waals surface area contributed by atoms with E-state index in [-0.39, 0.29) is 17.9 Å². The molecular weight excluding hydrogens is 340 g/mol. The van der Waals surface area contributed by atoms with Crippen molar-refractivity contribution >= 4 is 23.1 Å². The van der Waals surface area contributed by atoms with E-state index in [9.17, 15) is 9.59 Å². The monoisotopic (exact) mass is 364 g/mol. The van der Waals surface area contributed by atoms with Gasteiger partial charge in [0.05, 0.1) is 11.7 Å². The number of likely N-dealkylation sites (N-methyl/N-ethyl adjacent to an activating group) is 1. The van der Waals surface area contributed by atoms with Crippen molar-refractivity contribution in [1.29, 1.82) is 0 Å². The first-order valence-corrected chi connectivity index (χ1v) is 8.95. The number of imide groups is 1. The van der Waals surface area contributed by atoms with Gasteiger partial charge in [-0.05, 0) is 68.7 Å². The second kappa shape index (κ2) is 7.27. The maximum absolute atomic E-state index is 12.7. The minimum absolute atomic E-state index is 0.0673. The predicted molar refractivity (Wildman–Crippen MR) is 106 cm³/mol. The molecule has 0 spiro atoms. The molecule has 140 valence electrons. The van der Waals surface area contributed by atoms with Crippen LogP contribution >= 0.6 is 0 Å². The molecule has 0 radical (unpaired) electrons. The minimum Gasteiger partial charge on any atom is -0.491 e. The molecule has 0 saturated heterocycles. The Morgan fingerprint density at radius 3 is 2.07 bits per heavy atom. The van der Waals surface area contributed by atoms with Gasteiger partial charge < -0.3 is 10.1 Å². The third-order valence-electron chi connectivity index (χ3n) is 4.29. The van der Waals surface area contributed by atoms with Crippen LogP contribution in [-0.4, -0.2) is 29.9 Å². The van der Waals surface area contributed by atoms with Crippen LogP contribution in [0.2, 0.25) is 0 Å². The molecule has 1 N–H and O–H groups in total. The zero-order chi connectivity index (χ0) is 19.7. The van der Waals surface area contributed by atoms with Gasteiger partial charge in [-0.2, -0.15) is 0 Å². The number of rotatable bonds is 5. The van der Waals surface area contributed by atoms with Crippen molar-refractivity contribution in [2.45, 2.75) is 33.8 Å². The number of carbonyl (C=O) groups excluding carboxylic acids is 2. The van der Waals surface area contributed by atoms with E-state index in [0.29, 0.717) is 16.8 Å². The Labute approximate surface area is 159 Å². The fraction of sp³-hybridized carbons (Fsp3) is 0.273. The third kappa shape index (κ3) is 3.87. The molecule has 0 saturated carbocycles. The number of ether oxygens (including phenoxy) is 1. The highest BCUT2D eigenvalue weighted by molar-refractivity contribution is 6.36. The molecule has 27 heavy (non-hydrogen) atoms. The molecule has 2 aromatic carbocycles. The second-order valence-electron chi connectivity index (χ2n) is 7.11. The number of nitrogens with one attached hydrogen (secondary N) is 1. The molecule has 2 amide bonds. The van der Waals surface area contributed by atoms with E-state index in [4.69, 9.17) is 4.74 Å². The quantitative estimate of drug-likeness (QED) is 0.817.